The van der Waals surface area contributed by atoms with Crippen molar-refractivity contribution in [2.75, 3.05) is 19.8 Å². The Bertz CT molecular complexity index is 1000. The number of aromatic nitrogens is 2. The van der Waals surface area contributed by atoms with Crippen LogP contribution in [0, 0.1) is 5.92 Å². The third-order valence-electron chi connectivity index (χ3n) is 5.11. The van der Waals surface area contributed by atoms with E-state index in [4.69, 9.17) is 9.47 Å². The van der Waals surface area contributed by atoms with Gasteiger partial charge in [0.2, 0.25) is 5.88 Å². The Morgan fingerprint density at radius 1 is 1.12 bits per heavy atom. The van der Waals surface area contributed by atoms with E-state index in [1.165, 1.54) is 18.4 Å². The first kappa shape index (κ1) is 15.6. The zero-order valence-corrected chi connectivity index (χ0v) is 14.4. The van der Waals surface area contributed by atoms with Crippen LogP contribution in [0.4, 0.5) is 0 Å². The van der Waals surface area contributed by atoms with Gasteiger partial charge < -0.3 is 9.47 Å². The molecule has 1 saturated carbocycles. The molecule has 2 aliphatic rings. The third kappa shape index (κ3) is 2.78. The zero-order valence-electron chi connectivity index (χ0n) is 14.4. The van der Waals surface area contributed by atoms with Crippen LogP contribution in [-0.2, 0) is 4.74 Å². The summed E-state index contributed by atoms with van der Waals surface area (Å²) in [5.41, 5.74) is 2.66. The van der Waals surface area contributed by atoms with Gasteiger partial charge in [-0.25, -0.2) is 4.79 Å². The SMILES string of the molecule is O=c1nc(OCC2COC2)c2ccc(C3CC3)cc2n1-c1ccccc1. The molecule has 2 aromatic carbocycles. The Morgan fingerprint density at radius 3 is 2.62 bits per heavy atom. The molecular formula is C21H20N2O3. The number of nitrogens with zero attached hydrogens (tertiary/aromatic N) is 2. The van der Waals surface area contributed by atoms with Gasteiger partial charge in [-0.1, -0.05) is 24.3 Å². The van der Waals surface area contributed by atoms with Gasteiger partial charge >= 0.3 is 5.69 Å². The predicted molar refractivity (Wildman–Crippen MR) is 99.1 cm³/mol. The van der Waals surface area contributed by atoms with Crippen molar-refractivity contribution in [1.29, 1.82) is 0 Å². The van der Waals surface area contributed by atoms with Crippen molar-refractivity contribution in [3.05, 3.63) is 64.6 Å². The molecule has 1 saturated heterocycles. The van der Waals surface area contributed by atoms with Gasteiger partial charge in [0.25, 0.3) is 0 Å². The standard InChI is InChI=1S/C21H20N2O3/c24-21-22-20(26-13-14-11-25-12-14)18-9-8-16(15-6-7-15)10-19(18)23(21)17-4-2-1-3-5-17/h1-5,8-10,14-15H,6-7,11-13H2. The average Bonchev–Trinajstić information content (AvgIpc) is 3.46. The van der Waals surface area contributed by atoms with Crippen molar-refractivity contribution >= 4 is 10.9 Å². The molecule has 0 amide bonds. The highest BCUT2D eigenvalue weighted by Gasteiger charge is 2.25. The van der Waals surface area contributed by atoms with Gasteiger partial charge in [-0.05, 0) is 48.6 Å². The molecule has 0 bridgehead atoms. The van der Waals surface area contributed by atoms with Gasteiger partial charge in [0.05, 0.1) is 36.4 Å². The molecule has 3 aromatic rings. The lowest BCUT2D eigenvalue weighted by molar-refractivity contribution is -0.0512. The van der Waals surface area contributed by atoms with Crippen LogP contribution >= 0.6 is 0 Å². The maximum absolute atomic E-state index is 12.8. The first-order chi connectivity index (χ1) is 12.8. The lowest BCUT2D eigenvalue weighted by Crippen LogP contribution is -2.33. The number of hydrogen-bond donors (Lipinski definition) is 0. The van der Waals surface area contributed by atoms with E-state index < -0.39 is 0 Å². The van der Waals surface area contributed by atoms with Gasteiger partial charge in [-0.3, -0.25) is 4.57 Å². The maximum Gasteiger partial charge on any atom is 0.355 e. The number of benzene rings is 2. The van der Waals surface area contributed by atoms with Crippen LogP contribution in [0.2, 0.25) is 0 Å². The van der Waals surface area contributed by atoms with E-state index >= 15 is 0 Å². The van der Waals surface area contributed by atoms with Crippen molar-refractivity contribution < 1.29 is 9.47 Å². The number of hydrogen-bond acceptors (Lipinski definition) is 4. The van der Waals surface area contributed by atoms with E-state index in [0.29, 0.717) is 37.5 Å². The Labute approximate surface area is 151 Å². The van der Waals surface area contributed by atoms with Crippen LogP contribution in [0.25, 0.3) is 16.6 Å². The van der Waals surface area contributed by atoms with Gasteiger partial charge in [0.15, 0.2) is 0 Å². The number of para-hydroxylation sites is 1. The molecule has 1 aliphatic heterocycles. The molecule has 0 unspecified atom stereocenters. The van der Waals surface area contributed by atoms with Crippen molar-refractivity contribution in [2.24, 2.45) is 5.92 Å². The van der Waals surface area contributed by atoms with E-state index in [-0.39, 0.29) is 5.69 Å². The number of rotatable bonds is 5. The normalized spacial score (nSPS) is 17.2. The molecule has 0 radical (unpaired) electrons. The summed E-state index contributed by atoms with van der Waals surface area (Å²) in [7, 11) is 0. The summed E-state index contributed by atoms with van der Waals surface area (Å²) in [6, 6.07) is 16.0. The summed E-state index contributed by atoms with van der Waals surface area (Å²) in [6.45, 7) is 1.96. The smallest absolute Gasteiger partial charge is 0.355 e. The van der Waals surface area contributed by atoms with Crippen LogP contribution in [0.1, 0.15) is 24.3 Å². The minimum Gasteiger partial charge on any atom is -0.477 e. The topological polar surface area (TPSA) is 53.4 Å². The summed E-state index contributed by atoms with van der Waals surface area (Å²) in [6.07, 6.45) is 2.44. The van der Waals surface area contributed by atoms with E-state index in [9.17, 15) is 4.79 Å². The lowest BCUT2D eigenvalue weighted by atomic mass is 10.1. The monoisotopic (exact) mass is 348 g/mol. The third-order valence-corrected chi connectivity index (χ3v) is 5.11. The molecule has 5 rings (SSSR count). The van der Waals surface area contributed by atoms with Gasteiger partial charge in [-0.2, -0.15) is 4.98 Å². The largest absolute Gasteiger partial charge is 0.477 e. The fourth-order valence-electron chi connectivity index (χ4n) is 3.40. The van der Waals surface area contributed by atoms with Crippen LogP contribution < -0.4 is 10.4 Å². The Kier molecular flexibility index (Phi) is 3.75. The molecule has 2 heterocycles. The molecule has 5 nitrogen and oxygen atoms in total. The molecular weight excluding hydrogens is 328 g/mol. The van der Waals surface area contributed by atoms with Crippen molar-refractivity contribution in [3.8, 4) is 11.6 Å². The Hall–Kier alpha value is -2.66. The Balaban J connectivity index is 1.66. The van der Waals surface area contributed by atoms with Gasteiger partial charge in [0, 0.05) is 5.92 Å². The second kappa shape index (κ2) is 6.25. The summed E-state index contributed by atoms with van der Waals surface area (Å²) >= 11 is 0. The second-order valence-corrected chi connectivity index (χ2v) is 7.14. The highest BCUT2D eigenvalue weighted by atomic mass is 16.5. The maximum atomic E-state index is 12.8. The molecule has 1 aliphatic carbocycles. The van der Waals surface area contributed by atoms with E-state index in [1.807, 2.05) is 36.4 Å². The van der Waals surface area contributed by atoms with Crippen molar-refractivity contribution in [1.82, 2.24) is 9.55 Å². The van der Waals surface area contributed by atoms with Crippen LogP contribution in [0.5, 0.6) is 5.88 Å². The van der Waals surface area contributed by atoms with Gasteiger partial charge in [0.1, 0.15) is 0 Å². The fraction of sp³-hybridized carbons (Fsp3) is 0.333. The van der Waals surface area contributed by atoms with E-state index in [0.717, 1.165) is 16.6 Å². The lowest BCUT2D eigenvalue weighted by Gasteiger charge is -2.25. The molecule has 1 aromatic heterocycles. The molecule has 0 spiro atoms. The average molecular weight is 348 g/mol. The van der Waals surface area contributed by atoms with Crippen LogP contribution in [-0.4, -0.2) is 29.4 Å². The van der Waals surface area contributed by atoms with Crippen molar-refractivity contribution in [2.45, 2.75) is 18.8 Å². The number of ether oxygens (including phenoxy) is 2. The van der Waals surface area contributed by atoms with Gasteiger partial charge in [-0.15, -0.1) is 0 Å². The van der Waals surface area contributed by atoms with Crippen LogP contribution in [0.3, 0.4) is 0 Å². The molecule has 2 fully saturated rings. The van der Waals surface area contributed by atoms with Crippen LogP contribution in [0.15, 0.2) is 53.3 Å². The van der Waals surface area contributed by atoms with E-state index in [2.05, 4.69) is 17.1 Å². The fourth-order valence-corrected chi connectivity index (χ4v) is 3.40. The summed E-state index contributed by atoms with van der Waals surface area (Å²) < 4.78 is 12.8. The zero-order chi connectivity index (χ0) is 17.5. The highest BCUT2D eigenvalue weighted by Crippen LogP contribution is 2.41. The highest BCUT2D eigenvalue weighted by molar-refractivity contribution is 5.86. The first-order valence-electron chi connectivity index (χ1n) is 9.12. The van der Waals surface area contributed by atoms with Crippen molar-refractivity contribution in [3.63, 3.8) is 0 Å². The molecule has 0 atom stereocenters. The second-order valence-electron chi connectivity index (χ2n) is 7.14. The summed E-state index contributed by atoms with van der Waals surface area (Å²) in [5, 5.41) is 0.873. The minimum atomic E-state index is -0.309. The quantitative estimate of drug-likeness (QED) is 0.710. The minimum absolute atomic E-state index is 0.309. The molecule has 26 heavy (non-hydrogen) atoms. The van der Waals surface area contributed by atoms with E-state index in [1.54, 1.807) is 4.57 Å². The predicted octanol–water partition coefficient (Wildman–Crippen LogP) is 3.29. The Morgan fingerprint density at radius 2 is 1.92 bits per heavy atom. The summed E-state index contributed by atoms with van der Waals surface area (Å²) in [4.78, 5) is 17.1. The summed E-state index contributed by atoms with van der Waals surface area (Å²) in [5.74, 6) is 1.42. The molecule has 5 heteroatoms. The number of fused-ring (bicyclic) bond motifs is 1. The molecule has 132 valence electrons. The first-order valence-corrected chi connectivity index (χ1v) is 9.12. The molecule has 0 N–H and O–H groups in total.